The molecule has 1 aromatic carbocycles. The van der Waals surface area contributed by atoms with Crippen LogP contribution in [0.1, 0.15) is 0 Å². The summed E-state index contributed by atoms with van der Waals surface area (Å²) in [5, 5.41) is 5.75. The Morgan fingerprint density at radius 1 is 1.37 bits per heavy atom. The maximum atomic E-state index is 5.85. The van der Waals surface area contributed by atoms with E-state index in [1.54, 1.807) is 24.8 Å². The molecule has 0 unspecified atom stereocenters. The van der Waals surface area contributed by atoms with Crippen LogP contribution in [0, 0.1) is 0 Å². The molecule has 0 fully saturated rings. The zero-order valence-corrected chi connectivity index (χ0v) is 10.8. The number of methoxy groups -OCH3 is 1. The zero-order chi connectivity index (χ0) is 13.2. The Bertz CT molecular complexity index is 694. The van der Waals surface area contributed by atoms with Gasteiger partial charge in [-0.1, -0.05) is 5.16 Å². The van der Waals surface area contributed by atoms with E-state index in [-0.39, 0.29) is 0 Å². The van der Waals surface area contributed by atoms with Crippen molar-refractivity contribution < 1.29 is 9.26 Å². The molecule has 6 nitrogen and oxygen atoms in total. The van der Waals surface area contributed by atoms with Gasteiger partial charge < -0.3 is 15.0 Å². The lowest BCUT2D eigenvalue weighted by Gasteiger charge is -2.04. The van der Waals surface area contributed by atoms with Crippen LogP contribution in [0.4, 0.5) is 5.69 Å². The van der Waals surface area contributed by atoms with Crippen molar-refractivity contribution >= 4 is 17.0 Å². The highest BCUT2D eigenvalue weighted by molar-refractivity contribution is 7.07. The predicted molar refractivity (Wildman–Crippen MR) is 71.8 cm³/mol. The number of rotatable bonds is 3. The van der Waals surface area contributed by atoms with Crippen molar-refractivity contribution in [2.75, 3.05) is 12.8 Å². The Morgan fingerprint density at radius 3 is 2.95 bits per heavy atom. The van der Waals surface area contributed by atoms with E-state index in [0.29, 0.717) is 28.8 Å². The van der Waals surface area contributed by atoms with Crippen molar-refractivity contribution in [3.63, 3.8) is 0 Å². The van der Waals surface area contributed by atoms with Gasteiger partial charge in [-0.15, -0.1) is 11.3 Å². The van der Waals surface area contributed by atoms with Crippen molar-refractivity contribution in [3.05, 3.63) is 29.1 Å². The van der Waals surface area contributed by atoms with E-state index in [0.717, 1.165) is 5.56 Å². The first-order valence-corrected chi connectivity index (χ1v) is 6.38. The van der Waals surface area contributed by atoms with Gasteiger partial charge in [0.1, 0.15) is 11.4 Å². The average molecular weight is 274 g/mol. The second-order valence-corrected chi connectivity index (χ2v) is 4.47. The van der Waals surface area contributed by atoms with Crippen LogP contribution in [0.5, 0.6) is 5.75 Å². The van der Waals surface area contributed by atoms with Crippen LogP contribution in [0.25, 0.3) is 23.0 Å². The number of thiazole rings is 1. The average Bonchev–Trinajstić information content (AvgIpc) is 3.09. The van der Waals surface area contributed by atoms with Gasteiger partial charge in [-0.2, -0.15) is 4.98 Å². The molecular formula is C12H10N4O2S. The second kappa shape index (κ2) is 4.69. The fourth-order valence-corrected chi connectivity index (χ4v) is 2.17. The molecule has 7 heteroatoms. The second-order valence-electron chi connectivity index (χ2n) is 3.75. The summed E-state index contributed by atoms with van der Waals surface area (Å²) in [6.07, 6.45) is 0. The molecule has 3 rings (SSSR count). The van der Waals surface area contributed by atoms with Gasteiger partial charge >= 0.3 is 0 Å². The predicted octanol–water partition coefficient (Wildman–Crippen LogP) is 2.45. The minimum atomic E-state index is 0.400. The summed E-state index contributed by atoms with van der Waals surface area (Å²) in [5.41, 5.74) is 9.52. The number of nitrogens with two attached hydrogens (primary N) is 1. The molecule has 96 valence electrons. The summed E-state index contributed by atoms with van der Waals surface area (Å²) in [7, 11) is 1.57. The number of hydrogen-bond acceptors (Lipinski definition) is 7. The summed E-state index contributed by atoms with van der Waals surface area (Å²) in [6, 6.07) is 5.31. The minimum absolute atomic E-state index is 0.400. The van der Waals surface area contributed by atoms with Crippen molar-refractivity contribution in [1.29, 1.82) is 0 Å². The SMILES string of the molecule is COc1ccc(-c2nc(-c3cscn3)no2)cc1N. The van der Waals surface area contributed by atoms with E-state index >= 15 is 0 Å². The summed E-state index contributed by atoms with van der Waals surface area (Å²) < 4.78 is 10.3. The van der Waals surface area contributed by atoms with Crippen molar-refractivity contribution in [1.82, 2.24) is 15.1 Å². The molecule has 0 aliphatic heterocycles. The summed E-state index contributed by atoms with van der Waals surface area (Å²) in [4.78, 5) is 8.42. The highest BCUT2D eigenvalue weighted by Crippen LogP contribution is 2.28. The third-order valence-electron chi connectivity index (χ3n) is 2.56. The van der Waals surface area contributed by atoms with Gasteiger partial charge in [0.15, 0.2) is 0 Å². The van der Waals surface area contributed by atoms with Gasteiger partial charge in [-0.25, -0.2) is 4.98 Å². The number of ether oxygens (including phenoxy) is 1. The molecule has 19 heavy (non-hydrogen) atoms. The maximum absolute atomic E-state index is 5.85. The van der Waals surface area contributed by atoms with Crippen LogP contribution in [0.15, 0.2) is 33.6 Å². The van der Waals surface area contributed by atoms with Gasteiger partial charge in [-0.05, 0) is 18.2 Å². The monoisotopic (exact) mass is 274 g/mol. The molecule has 2 aromatic heterocycles. The van der Waals surface area contributed by atoms with Crippen LogP contribution >= 0.6 is 11.3 Å². The van der Waals surface area contributed by atoms with Crippen LogP contribution in [0.2, 0.25) is 0 Å². The molecule has 3 aromatic rings. The Kier molecular flexibility index (Phi) is 2.88. The van der Waals surface area contributed by atoms with E-state index in [4.69, 9.17) is 15.0 Å². The standard InChI is InChI=1S/C12H10N4O2S/c1-17-10-3-2-7(4-8(10)13)12-15-11(16-18-12)9-5-19-6-14-9/h2-6H,13H2,1H3. The summed E-state index contributed by atoms with van der Waals surface area (Å²) in [6.45, 7) is 0. The molecule has 2 heterocycles. The molecule has 0 spiro atoms. The first-order valence-electron chi connectivity index (χ1n) is 5.44. The van der Waals surface area contributed by atoms with Crippen LogP contribution < -0.4 is 10.5 Å². The van der Waals surface area contributed by atoms with Crippen LogP contribution in [-0.4, -0.2) is 22.2 Å². The number of hydrogen-bond donors (Lipinski definition) is 1. The van der Waals surface area contributed by atoms with E-state index in [1.807, 2.05) is 11.4 Å². The van der Waals surface area contributed by atoms with Crippen molar-refractivity contribution in [3.8, 4) is 28.7 Å². The maximum Gasteiger partial charge on any atom is 0.258 e. The number of anilines is 1. The van der Waals surface area contributed by atoms with E-state index in [1.165, 1.54) is 11.3 Å². The topological polar surface area (TPSA) is 87.1 Å². The lowest BCUT2D eigenvalue weighted by atomic mass is 10.2. The van der Waals surface area contributed by atoms with Gasteiger partial charge in [-0.3, -0.25) is 0 Å². The highest BCUT2D eigenvalue weighted by Gasteiger charge is 2.13. The normalized spacial score (nSPS) is 10.6. The Hall–Kier alpha value is -2.41. The van der Waals surface area contributed by atoms with Gasteiger partial charge in [0.05, 0.1) is 18.3 Å². The Labute approximate surface area is 112 Å². The minimum Gasteiger partial charge on any atom is -0.495 e. The number of nitrogen functional groups attached to an aromatic ring is 1. The highest BCUT2D eigenvalue weighted by atomic mass is 32.1. The largest absolute Gasteiger partial charge is 0.495 e. The lowest BCUT2D eigenvalue weighted by molar-refractivity contribution is 0.416. The molecule has 0 aliphatic rings. The molecule has 2 N–H and O–H groups in total. The molecule has 0 amide bonds. The molecular weight excluding hydrogens is 264 g/mol. The molecule has 0 atom stereocenters. The lowest BCUT2D eigenvalue weighted by Crippen LogP contribution is -1.92. The fraction of sp³-hybridized carbons (Fsp3) is 0.0833. The third kappa shape index (κ3) is 2.15. The van der Waals surface area contributed by atoms with E-state index in [9.17, 15) is 0 Å². The van der Waals surface area contributed by atoms with Crippen molar-refractivity contribution in [2.24, 2.45) is 0 Å². The molecule has 0 saturated carbocycles. The zero-order valence-electron chi connectivity index (χ0n) is 10.0. The summed E-state index contributed by atoms with van der Waals surface area (Å²) in [5.74, 6) is 1.48. The number of benzene rings is 1. The molecule has 0 aliphatic carbocycles. The Morgan fingerprint density at radius 2 is 2.26 bits per heavy atom. The van der Waals surface area contributed by atoms with Gasteiger partial charge in [0.25, 0.3) is 5.89 Å². The fourth-order valence-electron chi connectivity index (χ4n) is 1.64. The third-order valence-corrected chi connectivity index (χ3v) is 3.15. The van der Waals surface area contributed by atoms with E-state index in [2.05, 4.69) is 15.1 Å². The van der Waals surface area contributed by atoms with E-state index < -0.39 is 0 Å². The molecule has 0 saturated heterocycles. The quantitative estimate of drug-likeness (QED) is 0.738. The van der Waals surface area contributed by atoms with Gasteiger partial charge in [0.2, 0.25) is 5.82 Å². The molecule has 0 bridgehead atoms. The first-order chi connectivity index (χ1) is 9.28. The molecule has 0 radical (unpaired) electrons. The van der Waals surface area contributed by atoms with Crippen LogP contribution in [-0.2, 0) is 0 Å². The smallest absolute Gasteiger partial charge is 0.258 e. The van der Waals surface area contributed by atoms with Gasteiger partial charge in [0, 0.05) is 10.9 Å². The Balaban J connectivity index is 1.97. The number of nitrogens with zero attached hydrogens (tertiary/aromatic N) is 3. The first kappa shape index (κ1) is 11.7. The summed E-state index contributed by atoms with van der Waals surface area (Å²) >= 11 is 1.48. The van der Waals surface area contributed by atoms with Crippen LogP contribution in [0.3, 0.4) is 0 Å². The number of aromatic nitrogens is 3. The van der Waals surface area contributed by atoms with Crippen molar-refractivity contribution in [2.45, 2.75) is 0 Å².